The third kappa shape index (κ3) is 2.72. The van der Waals surface area contributed by atoms with Crippen LogP contribution < -0.4 is 10.2 Å². The van der Waals surface area contributed by atoms with Crippen molar-refractivity contribution in [2.24, 2.45) is 5.92 Å². The van der Waals surface area contributed by atoms with E-state index in [9.17, 15) is 0 Å². The van der Waals surface area contributed by atoms with E-state index in [0.717, 1.165) is 5.92 Å². The first kappa shape index (κ1) is 12.8. The first-order chi connectivity index (χ1) is 9.24. The smallest absolute Gasteiger partial charge is 0.0373 e. The van der Waals surface area contributed by atoms with Crippen LogP contribution in [0.1, 0.15) is 44.6 Å². The molecule has 0 amide bonds. The molecule has 2 atom stereocenters. The normalized spacial score (nSPS) is 26.9. The van der Waals surface area contributed by atoms with Gasteiger partial charge in [0.25, 0.3) is 0 Å². The van der Waals surface area contributed by atoms with Crippen LogP contribution >= 0.6 is 0 Å². The Morgan fingerprint density at radius 1 is 1.11 bits per heavy atom. The predicted octanol–water partition coefficient (Wildman–Crippen LogP) is 4.20. The van der Waals surface area contributed by atoms with Gasteiger partial charge in [-0.1, -0.05) is 13.3 Å². The molecule has 1 aromatic carbocycles. The Kier molecular flexibility index (Phi) is 3.67. The van der Waals surface area contributed by atoms with E-state index in [0.29, 0.717) is 6.04 Å². The number of aryl methyl sites for hydroxylation is 1. The van der Waals surface area contributed by atoms with E-state index >= 15 is 0 Å². The molecule has 1 heterocycles. The summed E-state index contributed by atoms with van der Waals surface area (Å²) < 4.78 is 0. The van der Waals surface area contributed by atoms with Crippen molar-refractivity contribution in [2.45, 2.75) is 52.0 Å². The second-order valence-corrected chi connectivity index (χ2v) is 6.35. The summed E-state index contributed by atoms with van der Waals surface area (Å²) in [4.78, 5) is 2.51. The molecule has 0 spiro atoms. The quantitative estimate of drug-likeness (QED) is 0.874. The first-order valence-electron chi connectivity index (χ1n) is 7.86. The lowest BCUT2D eigenvalue weighted by atomic mass is 10.0. The van der Waals surface area contributed by atoms with Gasteiger partial charge < -0.3 is 10.2 Å². The van der Waals surface area contributed by atoms with E-state index in [1.165, 1.54) is 62.1 Å². The molecular weight excluding hydrogens is 232 g/mol. The summed E-state index contributed by atoms with van der Waals surface area (Å²) in [5.41, 5.74) is 4.13. The molecule has 1 saturated carbocycles. The molecule has 104 valence electrons. The Bertz CT molecular complexity index is 435. The molecule has 19 heavy (non-hydrogen) atoms. The van der Waals surface area contributed by atoms with Gasteiger partial charge in [0, 0.05) is 30.5 Å². The minimum Gasteiger partial charge on any atom is -0.382 e. The van der Waals surface area contributed by atoms with Crippen molar-refractivity contribution in [2.75, 3.05) is 23.3 Å². The van der Waals surface area contributed by atoms with Crippen molar-refractivity contribution >= 4 is 11.4 Å². The first-order valence-corrected chi connectivity index (χ1v) is 7.86. The van der Waals surface area contributed by atoms with Gasteiger partial charge in [-0.15, -0.1) is 0 Å². The summed E-state index contributed by atoms with van der Waals surface area (Å²) >= 11 is 0. The topological polar surface area (TPSA) is 15.3 Å². The molecule has 2 unspecified atom stereocenters. The molecule has 2 heteroatoms. The van der Waals surface area contributed by atoms with Crippen molar-refractivity contribution in [3.05, 3.63) is 23.8 Å². The highest BCUT2D eigenvalue weighted by Gasteiger charge is 2.23. The number of rotatable bonds is 3. The number of nitrogens with one attached hydrogen (secondary N) is 1. The molecule has 0 aromatic heterocycles. The Morgan fingerprint density at radius 2 is 1.89 bits per heavy atom. The van der Waals surface area contributed by atoms with Gasteiger partial charge in [-0.05, 0) is 62.3 Å². The van der Waals surface area contributed by atoms with Crippen molar-refractivity contribution in [1.82, 2.24) is 0 Å². The third-order valence-corrected chi connectivity index (χ3v) is 4.88. The lowest BCUT2D eigenvalue weighted by Crippen LogP contribution is -2.22. The zero-order chi connectivity index (χ0) is 13.2. The summed E-state index contributed by atoms with van der Waals surface area (Å²) in [5, 5.41) is 3.76. The molecule has 1 aliphatic heterocycles. The number of hydrogen-bond donors (Lipinski definition) is 1. The van der Waals surface area contributed by atoms with Gasteiger partial charge in [-0.3, -0.25) is 0 Å². The zero-order valence-corrected chi connectivity index (χ0v) is 12.3. The average molecular weight is 258 g/mol. The van der Waals surface area contributed by atoms with Gasteiger partial charge in [0.15, 0.2) is 0 Å². The van der Waals surface area contributed by atoms with Gasteiger partial charge >= 0.3 is 0 Å². The maximum absolute atomic E-state index is 3.76. The van der Waals surface area contributed by atoms with E-state index in [-0.39, 0.29) is 0 Å². The van der Waals surface area contributed by atoms with E-state index in [1.807, 2.05) is 0 Å². The van der Waals surface area contributed by atoms with Crippen LogP contribution in [-0.4, -0.2) is 19.1 Å². The molecule has 2 aliphatic rings. The molecule has 2 fully saturated rings. The predicted molar refractivity (Wildman–Crippen MR) is 83.1 cm³/mol. The molecule has 1 aromatic rings. The Balaban J connectivity index is 1.72. The molecule has 3 rings (SSSR count). The van der Waals surface area contributed by atoms with Crippen LogP contribution in [0.2, 0.25) is 0 Å². The molecule has 1 N–H and O–H groups in total. The monoisotopic (exact) mass is 258 g/mol. The summed E-state index contributed by atoms with van der Waals surface area (Å²) in [7, 11) is 0. The maximum atomic E-state index is 3.76. The van der Waals surface area contributed by atoms with Crippen LogP contribution in [0.15, 0.2) is 18.2 Å². The maximum Gasteiger partial charge on any atom is 0.0373 e. The van der Waals surface area contributed by atoms with Crippen molar-refractivity contribution in [3.63, 3.8) is 0 Å². The Hall–Kier alpha value is -1.18. The van der Waals surface area contributed by atoms with Gasteiger partial charge in [-0.25, -0.2) is 0 Å². The van der Waals surface area contributed by atoms with E-state index in [2.05, 4.69) is 42.3 Å². The van der Waals surface area contributed by atoms with Crippen molar-refractivity contribution < 1.29 is 0 Å². The van der Waals surface area contributed by atoms with Crippen LogP contribution in [0.3, 0.4) is 0 Å². The summed E-state index contributed by atoms with van der Waals surface area (Å²) in [6.07, 6.45) is 6.78. The highest BCUT2D eigenvalue weighted by molar-refractivity contribution is 5.61. The number of benzene rings is 1. The second kappa shape index (κ2) is 5.44. The lowest BCUT2D eigenvalue weighted by molar-refractivity contribution is 0.556. The van der Waals surface area contributed by atoms with Crippen LogP contribution in [0.5, 0.6) is 0 Å². The molecule has 0 radical (unpaired) electrons. The largest absolute Gasteiger partial charge is 0.382 e. The van der Waals surface area contributed by atoms with Crippen LogP contribution in [-0.2, 0) is 0 Å². The summed E-state index contributed by atoms with van der Waals surface area (Å²) in [6, 6.07) is 7.61. The van der Waals surface area contributed by atoms with Crippen molar-refractivity contribution in [1.29, 1.82) is 0 Å². The van der Waals surface area contributed by atoms with E-state index in [1.54, 1.807) is 0 Å². The SMILES string of the molecule is Cc1cc(N2CCCC2)ccc1NC1CCCC1C. The van der Waals surface area contributed by atoms with Gasteiger partial charge in [0.2, 0.25) is 0 Å². The Morgan fingerprint density at radius 3 is 2.53 bits per heavy atom. The van der Waals surface area contributed by atoms with E-state index < -0.39 is 0 Å². The minimum absolute atomic E-state index is 0.677. The highest BCUT2D eigenvalue weighted by Crippen LogP contribution is 2.31. The van der Waals surface area contributed by atoms with Crippen LogP contribution in [0.25, 0.3) is 0 Å². The van der Waals surface area contributed by atoms with Crippen molar-refractivity contribution in [3.8, 4) is 0 Å². The number of anilines is 2. The van der Waals surface area contributed by atoms with Gasteiger partial charge in [0.05, 0.1) is 0 Å². The lowest BCUT2D eigenvalue weighted by Gasteiger charge is -2.23. The molecular formula is C17H26N2. The molecule has 2 nitrogen and oxygen atoms in total. The standard InChI is InChI=1S/C17H26N2/c1-13-6-5-7-16(13)18-17-9-8-15(12-14(17)2)19-10-3-4-11-19/h8-9,12-13,16,18H,3-7,10-11H2,1-2H3. The fourth-order valence-electron chi connectivity index (χ4n) is 3.54. The van der Waals surface area contributed by atoms with Gasteiger partial charge in [-0.2, -0.15) is 0 Å². The minimum atomic E-state index is 0.677. The summed E-state index contributed by atoms with van der Waals surface area (Å²) in [6.45, 7) is 7.07. The van der Waals surface area contributed by atoms with E-state index in [4.69, 9.17) is 0 Å². The Labute approximate surface area is 117 Å². The molecule has 1 saturated heterocycles. The van der Waals surface area contributed by atoms with Crippen LogP contribution in [0, 0.1) is 12.8 Å². The number of nitrogens with zero attached hydrogens (tertiary/aromatic N) is 1. The number of hydrogen-bond acceptors (Lipinski definition) is 2. The average Bonchev–Trinajstić information content (AvgIpc) is 3.04. The second-order valence-electron chi connectivity index (χ2n) is 6.35. The van der Waals surface area contributed by atoms with Crippen LogP contribution in [0.4, 0.5) is 11.4 Å². The molecule has 1 aliphatic carbocycles. The fraction of sp³-hybridized carbons (Fsp3) is 0.647. The zero-order valence-electron chi connectivity index (χ0n) is 12.3. The third-order valence-electron chi connectivity index (χ3n) is 4.88. The highest BCUT2D eigenvalue weighted by atomic mass is 15.1. The fourth-order valence-corrected chi connectivity index (χ4v) is 3.54. The summed E-state index contributed by atoms with van der Waals surface area (Å²) in [5.74, 6) is 0.817. The molecule has 0 bridgehead atoms. The van der Waals surface area contributed by atoms with Gasteiger partial charge in [0.1, 0.15) is 0 Å².